The number of primary amides is 1. The number of halogens is 1. The van der Waals surface area contributed by atoms with E-state index in [1.165, 1.54) is 11.3 Å². The molecule has 3 amide bonds. The van der Waals surface area contributed by atoms with Gasteiger partial charge in [-0.05, 0) is 43.0 Å². The zero-order valence-corrected chi connectivity index (χ0v) is 15.1. The molecule has 1 aromatic carbocycles. The predicted octanol–water partition coefficient (Wildman–Crippen LogP) is 3.30. The van der Waals surface area contributed by atoms with Crippen LogP contribution in [0.5, 0.6) is 0 Å². The molecular weight excluding hydrogens is 362 g/mol. The van der Waals surface area contributed by atoms with Crippen LogP contribution < -0.4 is 16.4 Å². The van der Waals surface area contributed by atoms with Gasteiger partial charge in [0.15, 0.2) is 0 Å². The van der Waals surface area contributed by atoms with E-state index in [2.05, 4.69) is 10.6 Å². The molecule has 0 radical (unpaired) electrons. The molecule has 25 heavy (non-hydrogen) atoms. The van der Waals surface area contributed by atoms with Crippen LogP contribution in [0.15, 0.2) is 18.2 Å². The van der Waals surface area contributed by atoms with Crippen molar-refractivity contribution in [2.45, 2.75) is 32.3 Å². The van der Waals surface area contributed by atoms with E-state index in [-0.39, 0.29) is 0 Å². The summed E-state index contributed by atoms with van der Waals surface area (Å²) in [7, 11) is 0. The molecular formula is C17H18ClN3O3S. The second-order valence-electron chi connectivity index (χ2n) is 6.01. The summed E-state index contributed by atoms with van der Waals surface area (Å²) in [5.74, 6) is -0.581. The third-order valence-corrected chi connectivity index (χ3v) is 5.72. The number of urea groups is 1. The number of fused-ring (bicyclic) bond motifs is 1. The number of benzene rings is 1. The van der Waals surface area contributed by atoms with Gasteiger partial charge in [-0.2, -0.15) is 0 Å². The Balaban J connectivity index is 1.81. The molecule has 132 valence electrons. The number of nitrogens with one attached hydrogen (secondary N) is 2. The molecule has 5 N–H and O–H groups in total. The van der Waals surface area contributed by atoms with Gasteiger partial charge in [0, 0.05) is 22.0 Å². The van der Waals surface area contributed by atoms with Crippen LogP contribution in [-0.4, -0.2) is 23.1 Å². The summed E-state index contributed by atoms with van der Waals surface area (Å²) in [5, 5.41) is 16.1. The summed E-state index contributed by atoms with van der Waals surface area (Å²) in [6.07, 6.45) is 1.19. The van der Waals surface area contributed by atoms with Crippen molar-refractivity contribution in [1.82, 2.24) is 0 Å². The van der Waals surface area contributed by atoms with Gasteiger partial charge in [0.2, 0.25) is 0 Å². The van der Waals surface area contributed by atoms with Crippen molar-refractivity contribution < 1.29 is 14.7 Å². The van der Waals surface area contributed by atoms with Crippen molar-refractivity contribution in [1.29, 1.82) is 0 Å². The number of hydrogen-bond donors (Lipinski definition) is 4. The van der Waals surface area contributed by atoms with Crippen LogP contribution in [0.2, 0.25) is 5.02 Å². The Morgan fingerprint density at radius 1 is 1.36 bits per heavy atom. The van der Waals surface area contributed by atoms with Crippen LogP contribution in [0, 0.1) is 6.92 Å². The van der Waals surface area contributed by atoms with E-state index in [1.807, 2.05) is 6.92 Å². The van der Waals surface area contributed by atoms with E-state index in [4.69, 9.17) is 17.3 Å². The van der Waals surface area contributed by atoms with Gasteiger partial charge in [0.1, 0.15) is 5.00 Å². The molecule has 3 rings (SSSR count). The Morgan fingerprint density at radius 2 is 2.12 bits per heavy atom. The van der Waals surface area contributed by atoms with Gasteiger partial charge < -0.3 is 16.2 Å². The number of carbonyl (C=O) groups is 2. The number of thiophene rings is 1. The maximum atomic E-state index is 12.3. The highest BCUT2D eigenvalue weighted by atomic mass is 35.5. The van der Waals surface area contributed by atoms with Gasteiger partial charge in [-0.15, -0.1) is 11.3 Å². The summed E-state index contributed by atoms with van der Waals surface area (Å²) in [6.45, 7) is 1.87. The highest BCUT2D eigenvalue weighted by Gasteiger charge is 2.27. The van der Waals surface area contributed by atoms with E-state index < -0.39 is 18.0 Å². The van der Waals surface area contributed by atoms with Crippen molar-refractivity contribution in [2.75, 3.05) is 10.6 Å². The molecule has 0 bridgehead atoms. The first-order valence-electron chi connectivity index (χ1n) is 7.81. The summed E-state index contributed by atoms with van der Waals surface area (Å²) in [4.78, 5) is 25.0. The fourth-order valence-corrected chi connectivity index (χ4v) is 4.35. The number of nitrogens with two attached hydrogens (primary N) is 1. The quantitative estimate of drug-likeness (QED) is 0.657. The van der Waals surface area contributed by atoms with Crippen LogP contribution in [-0.2, 0) is 12.8 Å². The van der Waals surface area contributed by atoms with Crippen LogP contribution in [0.3, 0.4) is 0 Å². The minimum absolute atomic E-state index is 0.337. The standard InChI is InChI=1S/C17H18ClN3O3S/c1-8-2-3-9(6-12(8)18)20-17(24)21-16-14(15(19)23)11-5-4-10(22)7-13(11)25-16/h2-3,6,10,22H,4-5,7H2,1H3,(H2,19,23)(H2,20,21,24). The Labute approximate surface area is 154 Å². The molecule has 1 aliphatic carbocycles. The molecule has 0 aliphatic heterocycles. The molecule has 0 spiro atoms. The molecule has 1 aromatic heterocycles. The van der Waals surface area contributed by atoms with E-state index in [9.17, 15) is 14.7 Å². The number of aliphatic hydroxyl groups excluding tert-OH is 1. The van der Waals surface area contributed by atoms with E-state index in [1.54, 1.807) is 18.2 Å². The number of amides is 3. The largest absolute Gasteiger partial charge is 0.393 e. The zero-order chi connectivity index (χ0) is 18.1. The van der Waals surface area contributed by atoms with Gasteiger partial charge in [-0.3, -0.25) is 10.1 Å². The third kappa shape index (κ3) is 3.78. The van der Waals surface area contributed by atoms with Crippen molar-refractivity contribution in [3.05, 3.63) is 44.8 Å². The number of aliphatic hydroxyl groups is 1. The maximum Gasteiger partial charge on any atom is 0.324 e. The van der Waals surface area contributed by atoms with E-state index in [0.717, 1.165) is 16.0 Å². The summed E-state index contributed by atoms with van der Waals surface area (Å²) >= 11 is 7.33. The second kappa shape index (κ2) is 7.03. The third-order valence-electron chi connectivity index (χ3n) is 4.14. The topological polar surface area (TPSA) is 104 Å². The fourth-order valence-electron chi connectivity index (χ4n) is 2.85. The lowest BCUT2D eigenvalue weighted by Crippen LogP contribution is -2.23. The number of hydrogen-bond acceptors (Lipinski definition) is 4. The molecule has 1 heterocycles. The second-order valence-corrected chi connectivity index (χ2v) is 7.52. The van der Waals surface area contributed by atoms with Crippen LogP contribution in [0.4, 0.5) is 15.5 Å². The molecule has 1 aliphatic rings. The van der Waals surface area contributed by atoms with Gasteiger partial charge >= 0.3 is 6.03 Å². The maximum absolute atomic E-state index is 12.3. The lowest BCUT2D eigenvalue weighted by Gasteiger charge is -2.17. The molecule has 8 heteroatoms. The molecule has 1 atom stereocenters. The minimum Gasteiger partial charge on any atom is -0.393 e. The van der Waals surface area contributed by atoms with Crippen molar-refractivity contribution >= 4 is 45.6 Å². The zero-order valence-electron chi connectivity index (χ0n) is 13.6. The first kappa shape index (κ1) is 17.7. The lowest BCUT2D eigenvalue weighted by atomic mass is 9.93. The van der Waals surface area contributed by atoms with Gasteiger partial charge in [0.25, 0.3) is 5.91 Å². The smallest absolute Gasteiger partial charge is 0.324 e. The van der Waals surface area contributed by atoms with Crippen LogP contribution in [0.25, 0.3) is 0 Å². The Morgan fingerprint density at radius 3 is 2.80 bits per heavy atom. The first-order valence-corrected chi connectivity index (χ1v) is 9.01. The highest BCUT2D eigenvalue weighted by Crippen LogP contribution is 2.38. The molecule has 0 saturated heterocycles. The molecule has 0 fully saturated rings. The highest BCUT2D eigenvalue weighted by molar-refractivity contribution is 7.17. The average Bonchev–Trinajstić information content (AvgIpc) is 2.87. The monoisotopic (exact) mass is 379 g/mol. The van der Waals surface area contributed by atoms with Crippen LogP contribution >= 0.6 is 22.9 Å². The van der Waals surface area contributed by atoms with Crippen LogP contribution in [0.1, 0.15) is 32.8 Å². The molecule has 2 aromatic rings. The van der Waals surface area contributed by atoms with Gasteiger partial charge in [0.05, 0.1) is 11.7 Å². The number of rotatable bonds is 3. The van der Waals surface area contributed by atoms with Crippen molar-refractivity contribution in [3.63, 3.8) is 0 Å². The summed E-state index contributed by atoms with van der Waals surface area (Å²) < 4.78 is 0. The molecule has 1 unspecified atom stereocenters. The Kier molecular flexibility index (Phi) is 4.99. The lowest BCUT2D eigenvalue weighted by molar-refractivity contribution is 0.0999. The first-order chi connectivity index (χ1) is 11.8. The molecule has 0 saturated carbocycles. The number of carbonyl (C=O) groups excluding carboxylic acids is 2. The Bertz CT molecular complexity index is 850. The predicted molar refractivity (Wildman–Crippen MR) is 99.7 cm³/mol. The minimum atomic E-state index is -0.581. The average molecular weight is 380 g/mol. The SMILES string of the molecule is Cc1ccc(NC(=O)Nc2sc3c(c2C(N)=O)CCC(O)C3)cc1Cl. The van der Waals surface area contributed by atoms with E-state index >= 15 is 0 Å². The Hall–Kier alpha value is -2.09. The normalized spacial score (nSPS) is 16.2. The molecule has 6 nitrogen and oxygen atoms in total. The van der Waals surface area contributed by atoms with Crippen molar-refractivity contribution in [3.8, 4) is 0 Å². The number of anilines is 2. The number of aryl methyl sites for hydroxylation is 1. The van der Waals surface area contributed by atoms with Crippen molar-refractivity contribution in [2.24, 2.45) is 5.73 Å². The summed E-state index contributed by atoms with van der Waals surface area (Å²) in [5.41, 5.74) is 8.12. The summed E-state index contributed by atoms with van der Waals surface area (Å²) in [6, 6.07) is 4.71. The fraction of sp³-hybridized carbons (Fsp3) is 0.294. The van der Waals surface area contributed by atoms with E-state index in [0.29, 0.717) is 40.5 Å². The van der Waals surface area contributed by atoms with Gasteiger partial charge in [-0.1, -0.05) is 17.7 Å². The van der Waals surface area contributed by atoms with Gasteiger partial charge in [-0.25, -0.2) is 4.79 Å².